The van der Waals surface area contributed by atoms with Crippen LogP contribution in [0.3, 0.4) is 0 Å². The second-order valence-corrected chi connectivity index (χ2v) is 11.9. The normalized spacial score (nSPS) is 21.9. The standard InChI is InChI=1S/C39H44O7/c1-29(23-36(40)41)22-34-37(43-25-31-16-8-3-9-17-31)39(45-27-33-20-12-5-13-21-33)38(44-26-32-18-10-4-11-19-32)35(46-34)28-42-24-30-14-6-2-7-15-30/h2-21,29,34-35,37-39H,22-28H2,1H3,(H,40,41)/t29?,34-,35-,37+,38+,39-/m1/s1. The third-order valence-corrected chi connectivity index (χ3v) is 8.14. The molecule has 46 heavy (non-hydrogen) atoms. The average Bonchev–Trinajstić information content (AvgIpc) is 3.08. The van der Waals surface area contributed by atoms with Crippen molar-refractivity contribution >= 4 is 5.97 Å². The van der Waals surface area contributed by atoms with Crippen LogP contribution in [0, 0.1) is 5.92 Å². The number of carbonyl (C=O) groups is 1. The van der Waals surface area contributed by atoms with Gasteiger partial charge < -0.3 is 28.8 Å². The topological polar surface area (TPSA) is 83.5 Å². The molecule has 1 N–H and O–H groups in total. The molecule has 4 aromatic carbocycles. The van der Waals surface area contributed by atoms with Crippen LogP contribution >= 0.6 is 0 Å². The van der Waals surface area contributed by atoms with Crippen LogP contribution in [0.25, 0.3) is 0 Å². The number of carboxylic acid groups (broad SMARTS) is 1. The largest absolute Gasteiger partial charge is 0.481 e. The van der Waals surface area contributed by atoms with Gasteiger partial charge in [0.05, 0.1) is 39.1 Å². The van der Waals surface area contributed by atoms with E-state index in [-0.39, 0.29) is 18.9 Å². The van der Waals surface area contributed by atoms with Crippen molar-refractivity contribution in [3.05, 3.63) is 144 Å². The van der Waals surface area contributed by atoms with Gasteiger partial charge in [0.25, 0.3) is 0 Å². The molecule has 1 saturated heterocycles. The Labute approximate surface area is 272 Å². The molecular weight excluding hydrogens is 580 g/mol. The molecule has 7 nitrogen and oxygen atoms in total. The molecule has 4 aromatic rings. The number of carboxylic acids is 1. The molecule has 0 aliphatic carbocycles. The Bertz CT molecular complexity index is 1420. The van der Waals surface area contributed by atoms with E-state index in [4.69, 9.17) is 23.7 Å². The molecule has 0 aromatic heterocycles. The van der Waals surface area contributed by atoms with Crippen LogP contribution in [-0.2, 0) is 54.9 Å². The summed E-state index contributed by atoms with van der Waals surface area (Å²) < 4.78 is 33.2. The van der Waals surface area contributed by atoms with E-state index in [1.165, 1.54) is 0 Å². The minimum Gasteiger partial charge on any atom is -0.481 e. The molecule has 7 heteroatoms. The Hall–Kier alpha value is -3.85. The lowest BCUT2D eigenvalue weighted by molar-refractivity contribution is -0.275. The van der Waals surface area contributed by atoms with Gasteiger partial charge in [-0.25, -0.2) is 0 Å². The van der Waals surface area contributed by atoms with E-state index in [0.29, 0.717) is 32.8 Å². The second kappa shape index (κ2) is 17.7. The molecule has 1 unspecified atom stereocenters. The van der Waals surface area contributed by atoms with Crippen molar-refractivity contribution in [3.63, 3.8) is 0 Å². The van der Waals surface area contributed by atoms with Crippen LogP contribution in [-0.4, -0.2) is 48.2 Å². The first-order valence-corrected chi connectivity index (χ1v) is 16.0. The third kappa shape index (κ3) is 10.3. The van der Waals surface area contributed by atoms with Crippen molar-refractivity contribution in [1.82, 2.24) is 0 Å². The van der Waals surface area contributed by atoms with Crippen molar-refractivity contribution in [2.45, 2.75) is 76.7 Å². The Morgan fingerprint density at radius 2 is 1.00 bits per heavy atom. The molecule has 242 valence electrons. The van der Waals surface area contributed by atoms with E-state index in [2.05, 4.69) is 0 Å². The van der Waals surface area contributed by atoms with Gasteiger partial charge in [-0.05, 0) is 34.6 Å². The number of hydrogen-bond acceptors (Lipinski definition) is 6. The maximum absolute atomic E-state index is 11.6. The van der Waals surface area contributed by atoms with Gasteiger partial charge in [-0.3, -0.25) is 4.79 Å². The molecule has 6 atom stereocenters. The first-order chi connectivity index (χ1) is 22.5. The van der Waals surface area contributed by atoms with Crippen molar-refractivity contribution in [3.8, 4) is 0 Å². The molecular formula is C39H44O7. The highest BCUT2D eigenvalue weighted by Gasteiger charge is 2.48. The maximum atomic E-state index is 11.6. The summed E-state index contributed by atoms with van der Waals surface area (Å²) in [6.07, 6.45) is -1.97. The second-order valence-electron chi connectivity index (χ2n) is 11.9. The zero-order chi connectivity index (χ0) is 32.0. The van der Waals surface area contributed by atoms with Crippen LogP contribution in [0.1, 0.15) is 42.0 Å². The molecule has 1 heterocycles. The number of benzene rings is 4. The lowest BCUT2D eigenvalue weighted by Crippen LogP contribution is -2.61. The Morgan fingerprint density at radius 3 is 1.43 bits per heavy atom. The van der Waals surface area contributed by atoms with Gasteiger partial charge >= 0.3 is 5.97 Å². The predicted octanol–water partition coefficient (Wildman–Crippen LogP) is 7.23. The molecule has 0 radical (unpaired) electrons. The molecule has 5 rings (SSSR count). The summed E-state index contributed by atoms with van der Waals surface area (Å²) in [7, 11) is 0. The van der Waals surface area contributed by atoms with Gasteiger partial charge in [-0.15, -0.1) is 0 Å². The zero-order valence-electron chi connectivity index (χ0n) is 26.4. The van der Waals surface area contributed by atoms with Gasteiger partial charge in [0.15, 0.2) is 0 Å². The van der Waals surface area contributed by atoms with Crippen LogP contribution in [0.4, 0.5) is 0 Å². The van der Waals surface area contributed by atoms with Gasteiger partial charge in [0.1, 0.15) is 24.4 Å². The van der Waals surface area contributed by atoms with Crippen LogP contribution in [0.5, 0.6) is 0 Å². The number of rotatable bonds is 17. The Morgan fingerprint density at radius 1 is 0.609 bits per heavy atom. The first kappa shape index (κ1) is 33.5. The highest BCUT2D eigenvalue weighted by Crippen LogP contribution is 2.34. The SMILES string of the molecule is CC(CC(=O)O)C[C@H]1O[C@H](COCc2ccccc2)[C@H](OCc2ccccc2)[C@H](OCc2ccccc2)[C@H]1OCc1ccccc1. The fourth-order valence-electron chi connectivity index (χ4n) is 5.85. The van der Waals surface area contributed by atoms with Crippen molar-refractivity contribution in [2.75, 3.05) is 6.61 Å². The average molecular weight is 625 g/mol. The van der Waals surface area contributed by atoms with E-state index in [9.17, 15) is 9.90 Å². The summed E-state index contributed by atoms with van der Waals surface area (Å²) in [6.45, 7) is 3.71. The Balaban J connectivity index is 1.44. The van der Waals surface area contributed by atoms with Gasteiger partial charge in [0, 0.05) is 6.42 Å². The number of ether oxygens (including phenoxy) is 5. The molecule has 0 saturated carbocycles. The van der Waals surface area contributed by atoms with Gasteiger partial charge in [0.2, 0.25) is 0 Å². The molecule has 0 spiro atoms. The highest BCUT2D eigenvalue weighted by atomic mass is 16.6. The molecule has 1 aliphatic rings. The highest BCUT2D eigenvalue weighted by molar-refractivity contribution is 5.66. The van der Waals surface area contributed by atoms with Gasteiger partial charge in [-0.2, -0.15) is 0 Å². The fraction of sp³-hybridized carbons (Fsp3) is 0.359. The maximum Gasteiger partial charge on any atom is 0.303 e. The molecule has 0 amide bonds. The van der Waals surface area contributed by atoms with E-state index in [1.807, 2.05) is 128 Å². The predicted molar refractivity (Wildman–Crippen MR) is 176 cm³/mol. The smallest absolute Gasteiger partial charge is 0.303 e. The van der Waals surface area contributed by atoms with Crippen LogP contribution in [0.15, 0.2) is 121 Å². The summed E-state index contributed by atoms with van der Waals surface area (Å²) >= 11 is 0. The van der Waals surface area contributed by atoms with E-state index in [1.54, 1.807) is 0 Å². The van der Waals surface area contributed by atoms with E-state index < -0.39 is 36.5 Å². The van der Waals surface area contributed by atoms with Crippen molar-refractivity contribution < 1.29 is 33.6 Å². The summed E-state index contributed by atoms with van der Waals surface area (Å²) in [5.41, 5.74) is 4.15. The summed E-state index contributed by atoms with van der Waals surface area (Å²) in [6, 6.07) is 40.1. The summed E-state index contributed by atoms with van der Waals surface area (Å²) in [5, 5.41) is 9.55. The summed E-state index contributed by atoms with van der Waals surface area (Å²) in [4.78, 5) is 11.6. The van der Waals surface area contributed by atoms with E-state index in [0.717, 1.165) is 22.3 Å². The lowest BCUT2D eigenvalue weighted by Gasteiger charge is -2.47. The minimum atomic E-state index is -0.839. The quantitative estimate of drug-likeness (QED) is 0.133. The van der Waals surface area contributed by atoms with Crippen LogP contribution in [0.2, 0.25) is 0 Å². The number of aliphatic carboxylic acids is 1. The van der Waals surface area contributed by atoms with Crippen molar-refractivity contribution in [1.29, 1.82) is 0 Å². The van der Waals surface area contributed by atoms with Crippen LogP contribution < -0.4 is 0 Å². The zero-order valence-corrected chi connectivity index (χ0v) is 26.4. The van der Waals surface area contributed by atoms with E-state index >= 15 is 0 Å². The van der Waals surface area contributed by atoms with Crippen molar-refractivity contribution in [2.24, 2.45) is 5.92 Å². The summed E-state index contributed by atoms with van der Waals surface area (Å²) in [5.74, 6) is -0.985. The van der Waals surface area contributed by atoms with Gasteiger partial charge in [-0.1, -0.05) is 128 Å². The lowest BCUT2D eigenvalue weighted by atomic mass is 9.88. The third-order valence-electron chi connectivity index (χ3n) is 8.14. The monoisotopic (exact) mass is 624 g/mol. The molecule has 1 aliphatic heterocycles. The number of hydrogen-bond donors (Lipinski definition) is 1. The first-order valence-electron chi connectivity index (χ1n) is 16.0. The Kier molecular flexibility index (Phi) is 12.9. The minimum absolute atomic E-state index is 0.0317. The molecule has 1 fully saturated rings. The molecule has 0 bridgehead atoms. The fourth-order valence-corrected chi connectivity index (χ4v) is 5.85.